The molecular weight excluding hydrogens is 390 g/mol. The van der Waals surface area contributed by atoms with E-state index in [4.69, 9.17) is 19.7 Å². The Bertz CT molecular complexity index is 357. The van der Waals surface area contributed by atoms with Crippen molar-refractivity contribution in [3.05, 3.63) is 0 Å². The Kier molecular flexibility index (Phi) is 18.5. The fraction of sp³-hybridized carbons (Fsp3) is 0.889. The highest BCUT2D eigenvalue weighted by atomic mass is 32.1. The molecule has 0 atom stereocenters. The van der Waals surface area contributed by atoms with Crippen molar-refractivity contribution in [3.63, 3.8) is 0 Å². The normalized spacial score (nSPS) is 11.2. The van der Waals surface area contributed by atoms with E-state index in [2.05, 4.69) is 25.3 Å². The molecule has 0 bridgehead atoms. The highest BCUT2D eigenvalue weighted by molar-refractivity contribution is 7.80. The number of thiol groups is 2. The molecule has 0 aromatic rings. The van der Waals surface area contributed by atoms with Gasteiger partial charge in [-0.15, -0.1) is 0 Å². The quantitative estimate of drug-likeness (QED) is 0.193. The van der Waals surface area contributed by atoms with Gasteiger partial charge in [0.1, 0.15) is 13.2 Å². The molecule has 0 aliphatic heterocycles. The largest absolute Gasteiger partial charge is 0.465 e. The number of esters is 2. The standard InChI is InChI=1S/C18H35NO6S2/c20-10-8-19(9-11-21)7-1-2-16(3-5-17(22)24-12-14-26)4-6-18(23)25-13-15-27/h16,20-21,26-27H,1-15H2. The molecule has 7 nitrogen and oxygen atoms in total. The minimum atomic E-state index is -0.242. The van der Waals surface area contributed by atoms with E-state index in [1.807, 2.05) is 4.90 Å². The smallest absolute Gasteiger partial charge is 0.305 e. The lowest BCUT2D eigenvalue weighted by Gasteiger charge is -2.22. The van der Waals surface area contributed by atoms with Gasteiger partial charge in [-0.2, -0.15) is 25.3 Å². The maximum atomic E-state index is 11.7. The predicted octanol–water partition coefficient (Wildman–Crippen LogP) is 1.18. The van der Waals surface area contributed by atoms with Crippen molar-refractivity contribution < 1.29 is 29.3 Å². The number of rotatable bonds is 18. The van der Waals surface area contributed by atoms with Crippen LogP contribution < -0.4 is 0 Å². The second kappa shape index (κ2) is 18.9. The van der Waals surface area contributed by atoms with Crippen molar-refractivity contribution in [2.45, 2.75) is 38.5 Å². The van der Waals surface area contributed by atoms with Crippen molar-refractivity contribution in [2.24, 2.45) is 5.92 Å². The number of carbonyl (C=O) groups is 2. The summed E-state index contributed by atoms with van der Waals surface area (Å²) in [5, 5.41) is 18.1. The monoisotopic (exact) mass is 425 g/mol. The lowest BCUT2D eigenvalue weighted by atomic mass is 9.92. The van der Waals surface area contributed by atoms with Crippen molar-refractivity contribution in [3.8, 4) is 0 Å². The minimum Gasteiger partial charge on any atom is -0.465 e. The maximum Gasteiger partial charge on any atom is 0.305 e. The van der Waals surface area contributed by atoms with Crippen LogP contribution in [0.3, 0.4) is 0 Å². The molecule has 0 unspecified atom stereocenters. The van der Waals surface area contributed by atoms with Gasteiger partial charge < -0.3 is 19.7 Å². The molecule has 0 aliphatic carbocycles. The van der Waals surface area contributed by atoms with E-state index in [-0.39, 0.29) is 31.1 Å². The Morgan fingerprint density at radius 1 is 0.815 bits per heavy atom. The zero-order valence-corrected chi connectivity index (χ0v) is 17.8. The van der Waals surface area contributed by atoms with E-state index >= 15 is 0 Å². The van der Waals surface area contributed by atoms with E-state index in [1.165, 1.54) is 0 Å². The van der Waals surface area contributed by atoms with Crippen LogP contribution in [0.2, 0.25) is 0 Å². The molecule has 0 aromatic carbocycles. The van der Waals surface area contributed by atoms with Gasteiger partial charge in [-0.25, -0.2) is 0 Å². The molecule has 0 fully saturated rings. The number of hydrogen-bond donors (Lipinski definition) is 4. The first-order valence-corrected chi connectivity index (χ1v) is 10.8. The van der Waals surface area contributed by atoms with Crippen LogP contribution in [0.5, 0.6) is 0 Å². The first-order chi connectivity index (χ1) is 13.1. The molecular formula is C18H35NO6S2. The number of hydrogen-bond acceptors (Lipinski definition) is 9. The summed E-state index contributed by atoms with van der Waals surface area (Å²) >= 11 is 8.03. The van der Waals surface area contributed by atoms with Gasteiger partial charge in [-0.05, 0) is 38.1 Å². The Morgan fingerprint density at radius 3 is 1.70 bits per heavy atom. The molecule has 0 saturated carbocycles. The lowest BCUT2D eigenvalue weighted by molar-refractivity contribution is -0.143. The van der Waals surface area contributed by atoms with Crippen LogP contribution in [0.25, 0.3) is 0 Å². The third-order valence-corrected chi connectivity index (χ3v) is 4.51. The Balaban J connectivity index is 4.39. The predicted molar refractivity (Wildman–Crippen MR) is 111 cm³/mol. The van der Waals surface area contributed by atoms with Gasteiger partial charge in [0.05, 0.1) is 13.2 Å². The summed E-state index contributed by atoms with van der Waals surface area (Å²) in [7, 11) is 0. The van der Waals surface area contributed by atoms with Gasteiger partial charge in [0.2, 0.25) is 0 Å². The summed E-state index contributed by atoms with van der Waals surface area (Å²) in [6, 6.07) is 0. The van der Waals surface area contributed by atoms with Gasteiger partial charge in [-0.1, -0.05) is 0 Å². The van der Waals surface area contributed by atoms with E-state index in [0.717, 1.165) is 19.4 Å². The topological polar surface area (TPSA) is 96.3 Å². The van der Waals surface area contributed by atoms with Gasteiger partial charge in [0.15, 0.2) is 0 Å². The summed E-state index contributed by atoms with van der Waals surface area (Å²) in [6.45, 7) is 2.52. The molecule has 0 aromatic heterocycles. The zero-order chi connectivity index (χ0) is 20.3. The Morgan fingerprint density at radius 2 is 1.30 bits per heavy atom. The van der Waals surface area contributed by atoms with E-state index in [9.17, 15) is 9.59 Å². The number of nitrogens with zero attached hydrogens (tertiary/aromatic N) is 1. The molecule has 0 saturated heterocycles. The zero-order valence-electron chi connectivity index (χ0n) is 16.1. The Labute approximate surface area is 173 Å². The number of aliphatic hydroxyl groups excluding tert-OH is 2. The van der Waals surface area contributed by atoms with Crippen molar-refractivity contribution in [2.75, 3.05) is 57.6 Å². The van der Waals surface area contributed by atoms with E-state index in [1.54, 1.807) is 0 Å². The summed E-state index contributed by atoms with van der Waals surface area (Å²) in [5.41, 5.74) is 0. The summed E-state index contributed by atoms with van der Waals surface area (Å²) in [4.78, 5) is 25.4. The fourth-order valence-corrected chi connectivity index (χ4v) is 2.94. The van der Waals surface area contributed by atoms with E-state index in [0.29, 0.717) is 63.5 Å². The van der Waals surface area contributed by atoms with Crippen molar-refractivity contribution >= 4 is 37.2 Å². The minimum absolute atomic E-state index is 0.0530. The molecule has 0 heterocycles. The van der Waals surface area contributed by atoms with Crippen molar-refractivity contribution in [1.82, 2.24) is 4.90 Å². The van der Waals surface area contributed by atoms with Gasteiger partial charge in [-0.3, -0.25) is 14.5 Å². The summed E-state index contributed by atoms with van der Waals surface area (Å²) in [5.74, 6) is 0.722. The molecule has 0 spiro atoms. The first kappa shape index (κ1) is 26.5. The van der Waals surface area contributed by atoms with Crippen molar-refractivity contribution in [1.29, 1.82) is 0 Å². The third-order valence-electron chi connectivity index (χ3n) is 4.14. The van der Waals surface area contributed by atoms with Crippen LogP contribution in [0.4, 0.5) is 0 Å². The van der Waals surface area contributed by atoms with Gasteiger partial charge >= 0.3 is 11.9 Å². The Hall–Kier alpha value is -0.480. The summed E-state index contributed by atoms with van der Waals surface area (Å²) in [6.07, 6.45) is 3.67. The van der Waals surface area contributed by atoms with Crippen LogP contribution >= 0.6 is 25.3 Å². The number of ether oxygens (including phenoxy) is 2. The average Bonchev–Trinajstić information content (AvgIpc) is 2.66. The molecule has 27 heavy (non-hydrogen) atoms. The second-order valence-corrected chi connectivity index (χ2v) is 7.16. The number of aliphatic hydroxyl groups is 2. The fourth-order valence-electron chi connectivity index (χ4n) is 2.76. The molecule has 0 amide bonds. The van der Waals surface area contributed by atoms with Crippen LogP contribution in [-0.4, -0.2) is 84.6 Å². The second-order valence-electron chi connectivity index (χ2n) is 6.26. The van der Waals surface area contributed by atoms with Gasteiger partial charge in [0, 0.05) is 37.4 Å². The molecule has 0 rings (SSSR count). The number of carbonyl (C=O) groups excluding carboxylic acids is 2. The first-order valence-electron chi connectivity index (χ1n) is 9.54. The molecule has 9 heteroatoms. The SMILES string of the molecule is O=C(CCC(CCCN(CCO)CCO)CCC(=O)OCCS)OCCS. The maximum absolute atomic E-state index is 11.7. The summed E-state index contributed by atoms with van der Waals surface area (Å²) < 4.78 is 10.1. The van der Waals surface area contributed by atoms with Crippen LogP contribution in [0.15, 0.2) is 0 Å². The van der Waals surface area contributed by atoms with Crippen LogP contribution in [-0.2, 0) is 19.1 Å². The van der Waals surface area contributed by atoms with Crippen LogP contribution in [0.1, 0.15) is 38.5 Å². The highest BCUT2D eigenvalue weighted by Gasteiger charge is 2.15. The molecule has 0 aliphatic rings. The van der Waals surface area contributed by atoms with Crippen LogP contribution in [0, 0.1) is 5.92 Å². The van der Waals surface area contributed by atoms with Gasteiger partial charge in [0.25, 0.3) is 0 Å². The molecule has 2 N–H and O–H groups in total. The average molecular weight is 426 g/mol. The molecule has 160 valence electrons. The molecule has 0 radical (unpaired) electrons. The highest BCUT2D eigenvalue weighted by Crippen LogP contribution is 2.21. The third kappa shape index (κ3) is 16.2. The van der Waals surface area contributed by atoms with E-state index < -0.39 is 0 Å². The lowest BCUT2D eigenvalue weighted by Crippen LogP contribution is -2.31.